The van der Waals surface area contributed by atoms with Gasteiger partial charge >= 0.3 is 5.97 Å². The molecule has 0 fully saturated rings. The van der Waals surface area contributed by atoms with E-state index in [-0.39, 0.29) is 12.3 Å². The molecule has 2 N–H and O–H groups in total. The number of benzene rings is 1. The number of hydrogen-bond donors (Lipinski definition) is 2. The third-order valence-electron chi connectivity index (χ3n) is 4.59. The first-order chi connectivity index (χ1) is 12.1. The van der Waals surface area contributed by atoms with Crippen LogP contribution in [0.25, 0.3) is 5.69 Å². The second kappa shape index (κ2) is 7.51. The lowest BCUT2D eigenvalue weighted by Crippen LogP contribution is -2.26. The normalized spacial score (nSPS) is 12.8. The van der Waals surface area contributed by atoms with E-state index in [1.165, 1.54) is 5.56 Å². The number of fused-ring (bicyclic) bond motifs is 1. The largest absolute Gasteiger partial charge is 0.481 e. The molecule has 0 aliphatic heterocycles. The first-order valence-corrected chi connectivity index (χ1v) is 8.80. The van der Waals surface area contributed by atoms with Gasteiger partial charge in [-0.2, -0.15) is 5.10 Å². The lowest BCUT2D eigenvalue weighted by molar-refractivity contribution is -0.137. The number of carbonyl (C=O) groups is 2. The second-order valence-electron chi connectivity index (χ2n) is 6.31. The first kappa shape index (κ1) is 17.2. The standard InChI is InChI=1S/C19H23N3O3/c1-2-13-8-10-14(11-9-13)22-16-6-3-5-15(16)18(21-22)19(25)20-12-4-7-17(23)24/h8-11H,2-7,12H2,1H3,(H,20,25)(H,23,24). The third-order valence-corrected chi connectivity index (χ3v) is 4.59. The maximum absolute atomic E-state index is 12.5. The summed E-state index contributed by atoms with van der Waals surface area (Å²) in [7, 11) is 0. The molecule has 25 heavy (non-hydrogen) atoms. The van der Waals surface area contributed by atoms with E-state index in [0.717, 1.165) is 42.6 Å². The number of rotatable bonds is 7. The van der Waals surface area contributed by atoms with E-state index in [9.17, 15) is 9.59 Å². The van der Waals surface area contributed by atoms with Crippen molar-refractivity contribution in [2.24, 2.45) is 0 Å². The van der Waals surface area contributed by atoms with Gasteiger partial charge in [0.1, 0.15) is 0 Å². The average Bonchev–Trinajstić information content (AvgIpc) is 3.21. The molecule has 1 amide bonds. The van der Waals surface area contributed by atoms with Crippen LogP contribution in [-0.2, 0) is 24.1 Å². The fourth-order valence-corrected chi connectivity index (χ4v) is 3.23. The number of nitrogens with zero attached hydrogens (tertiary/aromatic N) is 2. The average molecular weight is 341 g/mol. The zero-order chi connectivity index (χ0) is 17.8. The zero-order valence-corrected chi connectivity index (χ0v) is 14.4. The fraction of sp³-hybridized carbons (Fsp3) is 0.421. The Morgan fingerprint density at radius 2 is 2.00 bits per heavy atom. The number of aromatic nitrogens is 2. The maximum atomic E-state index is 12.5. The van der Waals surface area contributed by atoms with Gasteiger partial charge in [0.2, 0.25) is 0 Å². The number of hydrogen-bond acceptors (Lipinski definition) is 3. The summed E-state index contributed by atoms with van der Waals surface area (Å²) in [5.74, 6) is -1.07. The van der Waals surface area contributed by atoms with Crippen LogP contribution in [0.3, 0.4) is 0 Å². The van der Waals surface area contributed by atoms with E-state index in [1.807, 2.05) is 16.8 Å². The summed E-state index contributed by atoms with van der Waals surface area (Å²) in [6, 6.07) is 8.26. The van der Waals surface area contributed by atoms with Gasteiger partial charge in [-0.15, -0.1) is 0 Å². The summed E-state index contributed by atoms with van der Waals surface area (Å²) in [5.41, 5.74) is 4.85. The van der Waals surface area contributed by atoms with Crippen molar-refractivity contribution in [2.75, 3.05) is 6.54 Å². The Kier molecular flexibility index (Phi) is 5.16. The van der Waals surface area contributed by atoms with Crippen LogP contribution in [0.15, 0.2) is 24.3 Å². The summed E-state index contributed by atoms with van der Waals surface area (Å²) < 4.78 is 1.88. The highest BCUT2D eigenvalue weighted by Gasteiger charge is 2.26. The van der Waals surface area contributed by atoms with Crippen molar-refractivity contribution in [3.8, 4) is 5.69 Å². The summed E-state index contributed by atoms with van der Waals surface area (Å²) in [4.78, 5) is 23.0. The van der Waals surface area contributed by atoms with Crippen molar-refractivity contribution >= 4 is 11.9 Å². The molecular weight excluding hydrogens is 318 g/mol. The molecule has 6 heteroatoms. The molecule has 1 aromatic heterocycles. The Bertz CT molecular complexity index is 778. The Balaban J connectivity index is 1.79. The molecule has 1 aliphatic carbocycles. The van der Waals surface area contributed by atoms with Crippen LogP contribution in [0.2, 0.25) is 0 Å². The van der Waals surface area contributed by atoms with Gasteiger partial charge in [-0.1, -0.05) is 19.1 Å². The Morgan fingerprint density at radius 1 is 1.24 bits per heavy atom. The van der Waals surface area contributed by atoms with Crippen molar-refractivity contribution in [2.45, 2.75) is 45.4 Å². The molecule has 0 radical (unpaired) electrons. The topological polar surface area (TPSA) is 84.2 Å². The zero-order valence-electron chi connectivity index (χ0n) is 14.4. The highest BCUT2D eigenvalue weighted by Crippen LogP contribution is 2.28. The Morgan fingerprint density at radius 3 is 2.68 bits per heavy atom. The van der Waals surface area contributed by atoms with E-state index in [0.29, 0.717) is 18.7 Å². The fourth-order valence-electron chi connectivity index (χ4n) is 3.23. The van der Waals surface area contributed by atoms with Crippen LogP contribution in [0.1, 0.15) is 53.5 Å². The molecule has 2 aromatic rings. The quantitative estimate of drug-likeness (QED) is 0.758. The van der Waals surface area contributed by atoms with Gasteiger partial charge in [0.05, 0.1) is 5.69 Å². The van der Waals surface area contributed by atoms with E-state index >= 15 is 0 Å². The van der Waals surface area contributed by atoms with E-state index in [4.69, 9.17) is 5.11 Å². The first-order valence-electron chi connectivity index (χ1n) is 8.80. The third kappa shape index (κ3) is 3.73. The number of aliphatic carboxylic acids is 1. The van der Waals surface area contributed by atoms with E-state index < -0.39 is 5.97 Å². The van der Waals surface area contributed by atoms with Gasteiger partial charge < -0.3 is 10.4 Å². The number of carbonyl (C=O) groups excluding carboxylic acids is 1. The number of carboxylic acid groups (broad SMARTS) is 1. The van der Waals surface area contributed by atoms with Gasteiger partial charge in [-0.3, -0.25) is 9.59 Å². The summed E-state index contributed by atoms with van der Waals surface area (Å²) in [6.45, 7) is 2.46. The molecule has 3 rings (SSSR count). The number of nitrogens with one attached hydrogen (secondary N) is 1. The number of carboxylic acids is 1. The Hall–Kier alpha value is -2.63. The predicted octanol–water partition coefficient (Wildman–Crippen LogP) is 2.52. The lowest BCUT2D eigenvalue weighted by Gasteiger charge is -2.06. The van der Waals surface area contributed by atoms with Crippen LogP contribution >= 0.6 is 0 Å². The van der Waals surface area contributed by atoms with Crippen molar-refractivity contribution < 1.29 is 14.7 Å². The van der Waals surface area contributed by atoms with Gasteiger partial charge in [0.25, 0.3) is 5.91 Å². The van der Waals surface area contributed by atoms with Crippen molar-refractivity contribution in [1.29, 1.82) is 0 Å². The van der Waals surface area contributed by atoms with Crippen LogP contribution in [-0.4, -0.2) is 33.3 Å². The van der Waals surface area contributed by atoms with Gasteiger partial charge in [0.15, 0.2) is 5.69 Å². The van der Waals surface area contributed by atoms with Crippen LogP contribution in [0.4, 0.5) is 0 Å². The summed E-state index contributed by atoms with van der Waals surface area (Å²) in [5, 5.41) is 16.0. The Labute approximate surface area is 146 Å². The molecule has 6 nitrogen and oxygen atoms in total. The van der Waals surface area contributed by atoms with E-state index in [2.05, 4.69) is 29.5 Å². The highest BCUT2D eigenvalue weighted by atomic mass is 16.4. The smallest absolute Gasteiger partial charge is 0.303 e. The van der Waals surface area contributed by atoms with Crippen LogP contribution < -0.4 is 5.32 Å². The van der Waals surface area contributed by atoms with Crippen molar-refractivity contribution in [3.63, 3.8) is 0 Å². The molecule has 0 unspecified atom stereocenters. The second-order valence-corrected chi connectivity index (χ2v) is 6.31. The minimum Gasteiger partial charge on any atom is -0.481 e. The molecule has 0 spiro atoms. The lowest BCUT2D eigenvalue weighted by atomic mass is 10.1. The summed E-state index contributed by atoms with van der Waals surface area (Å²) in [6.07, 6.45) is 4.27. The van der Waals surface area contributed by atoms with Crippen LogP contribution in [0.5, 0.6) is 0 Å². The SMILES string of the molecule is CCc1ccc(-n2nc(C(=O)NCCCC(=O)O)c3c2CCC3)cc1. The maximum Gasteiger partial charge on any atom is 0.303 e. The minimum atomic E-state index is -0.852. The van der Waals surface area contributed by atoms with Crippen molar-refractivity contribution in [1.82, 2.24) is 15.1 Å². The predicted molar refractivity (Wildman–Crippen MR) is 94.2 cm³/mol. The van der Waals surface area contributed by atoms with Crippen LogP contribution in [0, 0.1) is 0 Å². The molecule has 1 aliphatic rings. The summed E-state index contributed by atoms with van der Waals surface area (Å²) >= 11 is 0. The van der Waals surface area contributed by atoms with Gasteiger partial charge in [-0.05, 0) is 49.8 Å². The monoisotopic (exact) mass is 341 g/mol. The van der Waals surface area contributed by atoms with Gasteiger partial charge in [-0.25, -0.2) is 4.68 Å². The molecule has 0 saturated heterocycles. The molecule has 0 bridgehead atoms. The highest BCUT2D eigenvalue weighted by molar-refractivity contribution is 5.94. The molecule has 0 atom stereocenters. The minimum absolute atomic E-state index is 0.0522. The van der Waals surface area contributed by atoms with E-state index in [1.54, 1.807) is 0 Å². The molecular formula is C19H23N3O3. The number of amides is 1. The molecule has 1 heterocycles. The molecule has 1 aromatic carbocycles. The molecule has 0 saturated carbocycles. The van der Waals surface area contributed by atoms with Crippen molar-refractivity contribution in [3.05, 3.63) is 46.8 Å². The molecule has 132 valence electrons. The van der Waals surface area contributed by atoms with Gasteiger partial charge in [0, 0.05) is 24.2 Å². The number of aryl methyl sites for hydroxylation is 1.